The first-order valence-electron chi connectivity index (χ1n) is 8.00. The third-order valence-electron chi connectivity index (χ3n) is 3.64. The van der Waals surface area contributed by atoms with Crippen LogP contribution in [-0.2, 0) is 11.3 Å². The number of benzene rings is 1. The Morgan fingerprint density at radius 3 is 2.65 bits per heavy atom. The van der Waals surface area contributed by atoms with Crippen LogP contribution in [0.3, 0.4) is 0 Å². The molecule has 1 aliphatic rings. The van der Waals surface area contributed by atoms with Gasteiger partial charge in [0.2, 0.25) is 0 Å². The van der Waals surface area contributed by atoms with Gasteiger partial charge in [-0.25, -0.2) is 9.38 Å². The van der Waals surface area contributed by atoms with Gasteiger partial charge in [-0.3, -0.25) is 0 Å². The number of aliphatic imine (C=N–C) groups is 1. The molecule has 0 atom stereocenters. The van der Waals surface area contributed by atoms with E-state index in [4.69, 9.17) is 4.74 Å². The summed E-state index contributed by atoms with van der Waals surface area (Å²) in [7, 11) is 2.01. The van der Waals surface area contributed by atoms with Gasteiger partial charge in [0, 0.05) is 26.7 Å². The molecule has 130 valence electrons. The van der Waals surface area contributed by atoms with E-state index in [1.54, 1.807) is 12.1 Å². The standard InChI is InChI=1S/C17H26FN3O.HI/c1-3-19-17(20-12-14-6-8-16(18)9-7-14)21(2)10-11-22-13-15-4-5-15;/h6-9,15H,3-5,10-13H2,1-2H3,(H,19,20);1H. The van der Waals surface area contributed by atoms with Crippen LogP contribution in [0.4, 0.5) is 4.39 Å². The number of hydrogen-bond acceptors (Lipinski definition) is 2. The van der Waals surface area contributed by atoms with Gasteiger partial charge in [-0.1, -0.05) is 12.1 Å². The van der Waals surface area contributed by atoms with Crippen LogP contribution in [0, 0.1) is 11.7 Å². The Kier molecular flexibility index (Phi) is 9.47. The summed E-state index contributed by atoms with van der Waals surface area (Å²) in [4.78, 5) is 6.66. The fraction of sp³-hybridized carbons (Fsp3) is 0.588. The lowest BCUT2D eigenvalue weighted by Crippen LogP contribution is -2.40. The molecular formula is C17H27FIN3O. The molecule has 23 heavy (non-hydrogen) atoms. The number of nitrogens with zero attached hydrogens (tertiary/aromatic N) is 2. The summed E-state index contributed by atoms with van der Waals surface area (Å²) >= 11 is 0. The van der Waals surface area contributed by atoms with Crippen LogP contribution in [0.5, 0.6) is 0 Å². The molecule has 1 N–H and O–H groups in total. The molecule has 0 radical (unpaired) electrons. The van der Waals surface area contributed by atoms with E-state index in [9.17, 15) is 4.39 Å². The zero-order valence-corrected chi connectivity index (χ0v) is 16.3. The van der Waals surface area contributed by atoms with Crippen molar-refractivity contribution in [2.75, 3.05) is 33.4 Å². The molecular weight excluding hydrogens is 408 g/mol. The van der Waals surface area contributed by atoms with E-state index >= 15 is 0 Å². The van der Waals surface area contributed by atoms with Crippen molar-refractivity contribution < 1.29 is 9.13 Å². The number of hydrogen-bond donors (Lipinski definition) is 1. The van der Waals surface area contributed by atoms with Crippen LogP contribution in [0.25, 0.3) is 0 Å². The summed E-state index contributed by atoms with van der Waals surface area (Å²) in [6.45, 7) is 5.81. The fourth-order valence-electron chi connectivity index (χ4n) is 2.07. The topological polar surface area (TPSA) is 36.9 Å². The molecule has 4 nitrogen and oxygen atoms in total. The molecule has 0 spiro atoms. The van der Waals surface area contributed by atoms with Crippen LogP contribution in [0.2, 0.25) is 0 Å². The molecule has 1 fully saturated rings. The average molecular weight is 435 g/mol. The molecule has 1 saturated carbocycles. The number of ether oxygens (including phenoxy) is 1. The highest BCUT2D eigenvalue weighted by molar-refractivity contribution is 14.0. The van der Waals surface area contributed by atoms with Gasteiger partial charge in [-0.2, -0.15) is 0 Å². The molecule has 1 aromatic rings. The summed E-state index contributed by atoms with van der Waals surface area (Å²) in [6.07, 6.45) is 2.63. The molecule has 0 heterocycles. The fourth-order valence-corrected chi connectivity index (χ4v) is 2.07. The first-order chi connectivity index (χ1) is 10.7. The number of halogens is 2. The Morgan fingerprint density at radius 1 is 1.35 bits per heavy atom. The summed E-state index contributed by atoms with van der Waals surface area (Å²) in [5, 5.41) is 3.27. The van der Waals surface area contributed by atoms with Gasteiger partial charge in [0.25, 0.3) is 0 Å². The molecule has 0 amide bonds. The maximum atomic E-state index is 12.9. The molecule has 1 aliphatic carbocycles. The number of likely N-dealkylation sites (N-methyl/N-ethyl adjacent to an activating group) is 1. The van der Waals surface area contributed by atoms with E-state index in [1.807, 2.05) is 14.0 Å². The minimum atomic E-state index is -0.218. The second kappa shape index (κ2) is 10.8. The van der Waals surface area contributed by atoms with Crippen LogP contribution >= 0.6 is 24.0 Å². The van der Waals surface area contributed by atoms with Gasteiger partial charge in [0.1, 0.15) is 5.82 Å². The molecule has 0 saturated heterocycles. The smallest absolute Gasteiger partial charge is 0.194 e. The van der Waals surface area contributed by atoms with Crippen molar-refractivity contribution in [3.8, 4) is 0 Å². The predicted molar refractivity (Wildman–Crippen MR) is 103 cm³/mol. The van der Waals surface area contributed by atoms with E-state index in [0.717, 1.165) is 37.1 Å². The minimum absolute atomic E-state index is 0. The van der Waals surface area contributed by atoms with Crippen molar-refractivity contribution in [2.24, 2.45) is 10.9 Å². The zero-order chi connectivity index (χ0) is 15.8. The largest absolute Gasteiger partial charge is 0.379 e. The van der Waals surface area contributed by atoms with Gasteiger partial charge in [0.15, 0.2) is 5.96 Å². The number of rotatable bonds is 8. The molecule has 6 heteroatoms. The lowest BCUT2D eigenvalue weighted by Gasteiger charge is -2.22. The normalized spacial score (nSPS) is 14.3. The minimum Gasteiger partial charge on any atom is -0.379 e. The third kappa shape index (κ3) is 7.97. The van der Waals surface area contributed by atoms with Gasteiger partial charge < -0.3 is 15.0 Å². The van der Waals surface area contributed by atoms with Crippen LogP contribution < -0.4 is 5.32 Å². The van der Waals surface area contributed by atoms with E-state index in [-0.39, 0.29) is 29.8 Å². The molecule has 0 aliphatic heterocycles. The van der Waals surface area contributed by atoms with Crippen LogP contribution in [-0.4, -0.2) is 44.2 Å². The summed E-state index contributed by atoms with van der Waals surface area (Å²) < 4.78 is 18.6. The second-order valence-corrected chi connectivity index (χ2v) is 5.74. The maximum absolute atomic E-state index is 12.9. The number of nitrogens with one attached hydrogen (secondary N) is 1. The molecule has 0 bridgehead atoms. The Labute approximate surface area is 155 Å². The van der Waals surface area contributed by atoms with Gasteiger partial charge >= 0.3 is 0 Å². The summed E-state index contributed by atoms with van der Waals surface area (Å²) in [6, 6.07) is 6.46. The van der Waals surface area contributed by atoms with Crippen molar-refractivity contribution in [3.63, 3.8) is 0 Å². The van der Waals surface area contributed by atoms with E-state index < -0.39 is 0 Å². The third-order valence-corrected chi connectivity index (χ3v) is 3.64. The van der Waals surface area contributed by atoms with Gasteiger partial charge in [-0.05, 0) is 43.4 Å². The Hall–Kier alpha value is -0.890. The lowest BCUT2D eigenvalue weighted by atomic mass is 10.2. The average Bonchev–Trinajstić information content (AvgIpc) is 3.33. The maximum Gasteiger partial charge on any atom is 0.194 e. The Morgan fingerprint density at radius 2 is 2.04 bits per heavy atom. The van der Waals surface area contributed by atoms with E-state index in [1.165, 1.54) is 25.0 Å². The van der Waals surface area contributed by atoms with Crippen LogP contribution in [0.1, 0.15) is 25.3 Å². The first-order valence-corrected chi connectivity index (χ1v) is 8.00. The van der Waals surface area contributed by atoms with Crippen molar-refractivity contribution in [1.82, 2.24) is 10.2 Å². The van der Waals surface area contributed by atoms with Crippen molar-refractivity contribution in [3.05, 3.63) is 35.6 Å². The predicted octanol–water partition coefficient (Wildman–Crippen LogP) is 3.27. The summed E-state index contributed by atoms with van der Waals surface area (Å²) in [5.74, 6) is 1.43. The highest BCUT2D eigenvalue weighted by atomic mass is 127. The lowest BCUT2D eigenvalue weighted by molar-refractivity contribution is 0.115. The Bertz CT molecular complexity index is 477. The van der Waals surface area contributed by atoms with Crippen molar-refractivity contribution in [1.29, 1.82) is 0 Å². The van der Waals surface area contributed by atoms with Crippen LogP contribution in [0.15, 0.2) is 29.3 Å². The molecule has 0 unspecified atom stereocenters. The van der Waals surface area contributed by atoms with Crippen molar-refractivity contribution in [2.45, 2.75) is 26.3 Å². The highest BCUT2D eigenvalue weighted by Crippen LogP contribution is 2.28. The quantitative estimate of drug-likeness (QED) is 0.295. The molecule has 2 rings (SSSR count). The van der Waals surface area contributed by atoms with Crippen molar-refractivity contribution >= 4 is 29.9 Å². The number of guanidine groups is 1. The second-order valence-electron chi connectivity index (χ2n) is 5.74. The van der Waals surface area contributed by atoms with E-state index in [0.29, 0.717) is 13.2 Å². The first kappa shape index (κ1) is 20.2. The van der Waals surface area contributed by atoms with Gasteiger partial charge in [0.05, 0.1) is 13.2 Å². The summed E-state index contributed by atoms with van der Waals surface area (Å²) in [5.41, 5.74) is 0.996. The highest BCUT2D eigenvalue weighted by Gasteiger charge is 2.21. The SMILES string of the molecule is CCNC(=NCc1ccc(F)cc1)N(C)CCOCC1CC1.I. The molecule has 0 aromatic heterocycles. The zero-order valence-electron chi connectivity index (χ0n) is 13.9. The molecule has 1 aromatic carbocycles. The Balaban J connectivity index is 0.00000264. The van der Waals surface area contributed by atoms with Gasteiger partial charge in [-0.15, -0.1) is 24.0 Å². The van der Waals surface area contributed by atoms with E-state index in [2.05, 4.69) is 15.2 Å². The monoisotopic (exact) mass is 435 g/mol.